The Kier molecular flexibility index (Phi) is 8.31. The van der Waals surface area contributed by atoms with Crippen LogP contribution in [0.2, 0.25) is 0 Å². The van der Waals surface area contributed by atoms with Crippen molar-refractivity contribution < 1.29 is 4.74 Å². The van der Waals surface area contributed by atoms with Gasteiger partial charge in [0.2, 0.25) is 0 Å². The van der Waals surface area contributed by atoms with E-state index in [1.807, 2.05) is 0 Å². The van der Waals surface area contributed by atoms with E-state index in [0.29, 0.717) is 5.92 Å². The van der Waals surface area contributed by atoms with Crippen molar-refractivity contribution in [1.82, 2.24) is 0 Å². The van der Waals surface area contributed by atoms with E-state index in [4.69, 9.17) is 10.00 Å². The van der Waals surface area contributed by atoms with E-state index < -0.39 is 0 Å². The van der Waals surface area contributed by atoms with Crippen LogP contribution in [-0.2, 0) is 4.74 Å². The Morgan fingerprint density at radius 3 is 1.95 bits per heavy atom. The highest BCUT2D eigenvalue weighted by atomic mass is 16.5. The van der Waals surface area contributed by atoms with Crippen LogP contribution in [0.4, 0.5) is 0 Å². The van der Waals surface area contributed by atoms with Crippen molar-refractivity contribution in [3.63, 3.8) is 0 Å². The summed E-state index contributed by atoms with van der Waals surface area (Å²) in [7, 11) is 0. The number of ether oxygens (including phenoxy) is 1. The molecule has 2 aliphatic carbocycles. The fourth-order valence-corrected chi connectivity index (χ4v) is 4.23. The zero-order valence-corrected chi connectivity index (χ0v) is 14.6. The first-order chi connectivity index (χ1) is 10.8. The van der Waals surface area contributed by atoms with Gasteiger partial charge in [-0.1, -0.05) is 39.0 Å². The van der Waals surface area contributed by atoms with Crippen LogP contribution in [0.25, 0.3) is 0 Å². The highest BCUT2D eigenvalue weighted by Crippen LogP contribution is 2.36. The number of nitriles is 1. The molecule has 0 aromatic heterocycles. The maximum absolute atomic E-state index is 8.97. The van der Waals surface area contributed by atoms with Gasteiger partial charge in [-0.3, -0.25) is 0 Å². The predicted molar refractivity (Wildman–Crippen MR) is 91.5 cm³/mol. The predicted octanol–water partition coefficient (Wildman–Crippen LogP) is 5.72. The molecule has 2 rings (SSSR count). The molecule has 0 atom stereocenters. The molecule has 0 heterocycles. The third-order valence-corrected chi connectivity index (χ3v) is 5.97. The Balaban J connectivity index is 1.52. The fourth-order valence-electron chi connectivity index (χ4n) is 4.23. The van der Waals surface area contributed by atoms with Gasteiger partial charge < -0.3 is 4.74 Å². The fraction of sp³-hybridized carbons (Fsp3) is 0.950. The third-order valence-electron chi connectivity index (χ3n) is 5.97. The summed E-state index contributed by atoms with van der Waals surface area (Å²) in [6, 6.07) is 2.45. The van der Waals surface area contributed by atoms with Gasteiger partial charge >= 0.3 is 0 Å². The van der Waals surface area contributed by atoms with Crippen molar-refractivity contribution in [3.05, 3.63) is 0 Å². The average molecular weight is 306 g/mol. The van der Waals surface area contributed by atoms with Crippen molar-refractivity contribution in [1.29, 1.82) is 5.26 Å². The number of unbranched alkanes of at least 4 members (excludes halogenated alkanes) is 1. The van der Waals surface area contributed by atoms with E-state index in [-0.39, 0.29) is 0 Å². The lowest BCUT2D eigenvalue weighted by molar-refractivity contribution is 0.0743. The molecular weight excluding hydrogens is 270 g/mol. The maximum Gasteiger partial charge on any atom is 0.0655 e. The van der Waals surface area contributed by atoms with E-state index in [1.165, 1.54) is 64.2 Å². The summed E-state index contributed by atoms with van der Waals surface area (Å²) < 4.78 is 5.80. The minimum Gasteiger partial charge on any atom is -0.381 e. The first-order valence-electron chi connectivity index (χ1n) is 9.79. The zero-order valence-electron chi connectivity index (χ0n) is 14.6. The second kappa shape index (κ2) is 10.3. The van der Waals surface area contributed by atoms with Gasteiger partial charge in [0.15, 0.2) is 0 Å². The summed E-state index contributed by atoms with van der Waals surface area (Å²) in [6.45, 7) is 4.19. The van der Waals surface area contributed by atoms with Crippen LogP contribution in [0.5, 0.6) is 0 Å². The number of rotatable bonds is 8. The summed E-state index contributed by atoms with van der Waals surface area (Å²) in [5, 5.41) is 8.97. The van der Waals surface area contributed by atoms with E-state index in [1.54, 1.807) is 0 Å². The monoisotopic (exact) mass is 305 g/mol. The third kappa shape index (κ3) is 6.29. The van der Waals surface area contributed by atoms with E-state index in [2.05, 4.69) is 13.0 Å². The molecule has 2 saturated carbocycles. The lowest BCUT2D eigenvalue weighted by Gasteiger charge is -2.30. The lowest BCUT2D eigenvalue weighted by atomic mass is 9.76. The van der Waals surface area contributed by atoms with E-state index in [0.717, 1.165) is 43.8 Å². The van der Waals surface area contributed by atoms with Crippen molar-refractivity contribution in [2.75, 3.05) is 13.2 Å². The molecule has 2 fully saturated rings. The summed E-state index contributed by atoms with van der Waals surface area (Å²) in [5.41, 5.74) is 0. The molecule has 0 bridgehead atoms. The highest BCUT2D eigenvalue weighted by Gasteiger charge is 2.24. The molecule has 0 N–H and O–H groups in total. The second-order valence-electron chi connectivity index (χ2n) is 7.74. The first-order valence-corrected chi connectivity index (χ1v) is 9.79. The summed E-state index contributed by atoms with van der Waals surface area (Å²) in [4.78, 5) is 0. The Hall–Kier alpha value is -0.550. The van der Waals surface area contributed by atoms with Gasteiger partial charge in [-0.15, -0.1) is 0 Å². The molecule has 0 aromatic carbocycles. The van der Waals surface area contributed by atoms with Crippen LogP contribution in [-0.4, -0.2) is 13.2 Å². The van der Waals surface area contributed by atoms with Gasteiger partial charge in [-0.05, 0) is 62.7 Å². The smallest absolute Gasteiger partial charge is 0.0655 e. The van der Waals surface area contributed by atoms with Gasteiger partial charge in [-0.25, -0.2) is 0 Å². The van der Waals surface area contributed by atoms with Crippen molar-refractivity contribution in [2.45, 2.75) is 84.0 Å². The zero-order chi connectivity index (χ0) is 15.6. The van der Waals surface area contributed by atoms with Crippen LogP contribution < -0.4 is 0 Å². The minimum atomic E-state index is 0.361. The molecule has 0 aromatic rings. The standard InChI is InChI=1S/C20H35NO/c1-2-3-14-22-16-20-12-8-18(9-13-20)5-4-17-6-10-19(15-21)11-7-17/h17-20H,2-14,16H2,1H3/t17-,18?,19-,20?. The summed E-state index contributed by atoms with van der Waals surface area (Å²) >= 11 is 0. The topological polar surface area (TPSA) is 33.0 Å². The van der Waals surface area contributed by atoms with Gasteiger partial charge in [0.1, 0.15) is 0 Å². The molecule has 0 saturated heterocycles. The van der Waals surface area contributed by atoms with Crippen LogP contribution in [0.1, 0.15) is 84.0 Å². The molecule has 0 aliphatic heterocycles. The van der Waals surface area contributed by atoms with Crippen LogP contribution >= 0.6 is 0 Å². The lowest BCUT2D eigenvalue weighted by Crippen LogP contribution is -2.20. The van der Waals surface area contributed by atoms with Crippen molar-refractivity contribution in [3.8, 4) is 6.07 Å². The van der Waals surface area contributed by atoms with Crippen LogP contribution in [0.15, 0.2) is 0 Å². The second-order valence-corrected chi connectivity index (χ2v) is 7.74. The largest absolute Gasteiger partial charge is 0.381 e. The van der Waals surface area contributed by atoms with Gasteiger partial charge in [0, 0.05) is 19.1 Å². The highest BCUT2D eigenvalue weighted by molar-refractivity contribution is 4.87. The number of hydrogen-bond donors (Lipinski definition) is 0. The molecule has 0 radical (unpaired) electrons. The molecular formula is C20H35NO. The molecule has 0 amide bonds. The van der Waals surface area contributed by atoms with Crippen LogP contribution in [0, 0.1) is 35.0 Å². The van der Waals surface area contributed by atoms with E-state index >= 15 is 0 Å². The first kappa shape index (κ1) is 17.8. The number of hydrogen-bond acceptors (Lipinski definition) is 2. The Morgan fingerprint density at radius 1 is 0.864 bits per heavy atom. The molecule has 0 unspecified atom stereocenters. The molecule has 2 heteroatoms. The van der Waals surface area contributed by atoms with Crippen LogP contribution in [0.3, 0.4) is 0 Å². The van der Waals surface area contributed by atoms with Gasteiger partial charge in [0.25, 0.3) is 0 Å². The number of nitrogens with zero attached hydrogens (tertiary/aromatic N) is 1. The molecule has 2 nitrogen and oxygen atoms in total. The summed E-state index contributed by atoms with van der Waals surface area (Å²) in [5.74, 6) is 3.08. The Bertz CT molecular complexity index is 319. The Morgan fingerprint density at radius 2 is 1.41 bits per heavy atom. The maximum atomic E-state index is 8.97. The van der Waals surface area contributed by atoms with E-state index in [9.17, 15) is 0 Å². The quantitative estimate of drug-likeness (QED) is 0.537. The molecule has 126 valence electrons. The normalized spacial score (nSPS) is 32.5. The van der Waals surface area contributed by atoms with Gasteiger partial charge in [-0.2, -0.15) is 5.26 Å². The molecule has 22 heavy (non-hydrogen) atoms. The molecule has 2 aliphatic rings. The molecule has 0 spiro atoms. The van der Waals surface area contributed by atoms with Gasteiger partial charge in [0.05, 0.1) is 6.07 Å². The minimum absolute atomic E-state index is 0.361. The summed E-state index contributed by atoms with van der Waals surface area (Å²) in [6.07, 6.45) is 15.8. The SMILES string of the molecule is CCCCOCC1CCC(CC[C@H]2CC[C@H](C#N)CC2)CC1. The average Bonchev–Trinajstić information content (AvgIpc) is 2.58. The van der Waals surface area contributed by atoms with Crippen molar-refractivity contribution >= 4 is 0 Å². The van der Waals surface area contributed by atoms with Crippen molar-refractivity contribution in [2.24, 2.45) is 23.7 Å². The Labute approximate surface area is 137 Å².